The van der Waals surface area contributed by atoms with Gasteiger partial charge in [0.15, 0.2) is 0 Å². The molecular formula is C17H22O5S. The molecule has 0 heterocycles. The van der Waals surface area contributed by atoms with E-state index in [1.165, 1.54) is 17.7 Å². The summed E-state index contributed by atoms with van der Waals surface area (Å²) in [6.45, 7) is 3.31. The van der Waals surface area contributed by atoms with Crippen LogP contribution < -0.4 is 0 Å². The van der Waals surface area contributed by atoms with Gasteiger partial charge in [-0.3, -0.25) is 4.55 Å². The van der Waals surface area contributed by atoms with E-state index in [0.29, 0.717) is 19.6 Å². The molecule has 0 unspecified atom stereocenters. The van der Waals surface area contributed by atoms with Gasteiger partial charge in [0.25, 0.3) is 10.1 Å². The van der Waals surface area contributed by atoms with Crippen LogP contribution in [0.4, 0.5) is 0 Å². The minimum Gasteiger partial charge on any atom is -0.396 e. The molecule has 0 saturated heterocycles. The molecule has 0 saturated carbocycles. The molecular weight excluding hydrogens is 316 g/mol. The molecule has 0 spiro atoms. The monoisotopic (exact) mass is 338 g/mol. The Hall–Kier alpha value is -1.73. The van der Waals surface area contributed by atoms with Crippen LogP contribution in [-0.4, -0.2) is 31.3 Å². The van der Waals surface area contributed by atoms with Crippen LogP contribution in [0.25, 0.3) is 0 Å². The van der Waals surface area contributed by atoms with Gasteiger partial charge in [-0.2, -0.15) is 8.42 Å². The molecule has 126 valence electrons. The maximum Gasteiger partial charge on any atom is 0.294 e. The average molecular weight is 338 g/mol. The summed E-state index contributed by atoms with van der Waals surface area (Å²) in [7, 11) is -4.02. The minimum atomic E-state index is -4.02. The maximum absolute atomic E-state index is 10.5. The maximum atomic E-state index is 10.5. The van der Waals surface area contributed by atoms with Crippen molar-refractivity contribution in [2.45, 2.75) is 24.8 Å². The van der Waals surface area contributed by atoms with Gasteiger partial charge < -0.3 is 9.84 Å². The van der Waals surface area contributed by atoms with Gasteiger partial charge in [0.05, 0.1) is 11.5 Å². The number of rotatable bonds is 6. The van der Waals surface area contributed by atoms with Crippen LogP contribution in [0.2, 0.25) is 0 Å². The number of benzene rings is 2. The topological polar surface area (TPSA) is 83.8 Å². The predicted molar refractivity (Wildman–Crippen MR) is 88.8 cm³/mol. The lowest BCUT2D eigenvalue weighted by Crippen LogP contribution is -1.97. The van der Waals surface area contributed by atoms with Gasteiger partial charge in [0.2, 0.25) is 0 Å². The normalized spacial score (nSPS) is 10.7. The summed E-state index contributed by atoms with van der Waals surface area (Å²) in [4.78, 5) is -0.0666. The van der Waals surface area contributed by atoms with Crippen molar-refractivity contribution in [1.82, 2.24) is 0 Å². The Morgan fingerprint density at radius 3 is 2.13 bits per heavy atom. The number of aryl methyl sites for hydroxylation is 1. The van der Waals surface area contributed by atoms with E-state index in [4.69, 9.17) is 14.4 Å². The summed E-state index contributed by atoms with van der Waals surface area (Å²) in [5, 5.41) is 8.48. The lowest BCUT2D eigenvalue weighted by Gasteiger charge is -2.01. The van der Waals surface area contributed by atoms with Gasteiger partial charge in [-0.05, 0) is 31.0 Å². The number of aliphatic hydroxyl groups excluding tert-OH is 1. The molecule has 2 aromatic rings. The molecule has 0 aliphatic heterocycles. The van der Waals surface area contributed by atoms with Crippen molar-refractivity contribution in [2.75, 3.05) is 13.2 Å². The second-order valence-corrected chi connectivity index (χ2v) is 6.33. The Morgan fingerprint density at radius 2 is 1.61 bits per heavy atom. The predicted octanol–water partition coefficient (Wildman–Crippen LogP) is 2.83. The summed E-state index contributed by atoms with van der Waals surface area (Å²) in [5.41, 5.74) is 2.13. The third-order valence-electron chi connectivity index (χ3n) is 2.88. The highest BCUT2D eigenvalue weighted by atomic mass is 32.2. The fourth-order valence-corrected chi connectivity index (χ4v) is 2.12. The van der Waals surface area contributed by atoms with Gasteiger partial charge in [-0.25, -0.2) is 0 Å². The van der Waals surface area contributed by atoms with Gasteiger partial charge in [-0.1, -0.05) is 48.0 Å². The fraction of sp³-hybridized carbons (Fsp3) is 0.294. The zero-order chi connectivity index (χ0) is 17.1. The highest BCUT2D eigenvalue weighted by Gasteiger charge is 2.06. The first-order chi connectivity index (χ1) is 10.9. The quantitative estimate of drug-likeness (QED) is 0.625. The summed E-state index contributed by atoms with van der Waals surface area (Å²) < 4.78 is 34.9. The van der Waals surface area contributed by atoms with E-state index >= 15 is 0 Å². The van der Waals surface area contributed by atoms with Crippen molar-refractivity contribution in [3.63, 3.8) is 0 Å². The Labute approximate surface area is 137 Å². The first kappa shape index (κ1) is 19.3. The second kappa shape index (κ2) is 10.1. The van der Waals surface area contributed by atoms with Crippen molar-refractivity contribution in [3.8, 4) is 0 Å². The molecule has 0 aromatic heterocycles. The van der Waals surface area contributed by atoms with Gasteiger partial charge in [0.1, 0.15) is 0 Å². The third kappa shape index (κ3) is 8.47. The molecule has 2 rings (SSSR count). The summed E-state index contributed by atoms with van der Waals surface area (Å²) >= 11 is 0. The van der Waals surface area contributed by atoms with Gasteiger partial charge in [0, 0.05) is 13.2 Å². The molecule has 0 atom stereocenters. The molecule has 2 N–H and O–H groups in total. The Bertz CT molecular complexity index is 651. The van der Waals surface area contributed by atoms with E-state index in [0.717, 1.165) is 5.56 Å². The van der Waals surface area contributed by atoms with E-state index in [1.807, 2.05) is 37.3 Å². The zero-order valence-corrected chi connectivity index (χ0v) is 13.9. The number of hydrogen-bond donors (Lipinski definition) is 2. The number of ether oxygens (including phenoxy) is 1. The van der Waals surface area contributed by atoms with Gasteiger partial charge >= 0.3 is 0 Å². The molecule has 6 heteroatoms. The van der Waals surface area contributed by atoms with E-state index in [1.54, 1.807) is 12.1 Å². The van der Waals surface area contributed by atoms with Crippen LogP contribution in [0.3, 0.4) is 0 Å². The molecule has 2 aromatic carbocycles. The molecule has 0 fully saturated rings. The molecule has 0 amide bonds. The summed E-state index contributed by atoms with van der Waals surface area (Å²) in [6.07, 6.45) is 0.715. The summed E-state index contributed by atoms with van der Waals surface area (Å²) in [6, 6.07) is 16.0. The Balaban J connectivity index is 0.000000231. The van der Waals surface area contributed by atoms with Crippen molar-refractivity contribution in [2.24, 2.45) is 0 Å². The van der Waals surface area contributed by atoms with Crippen molar-refractivity contribution >= 4 is 10.1 Å². The smallest absolute Gasteiger partial charge is 0.294 e. The van der Waals surface area contributed by atoms with Crippen LogP contribution in [0.1, 0.15) is 17.5 Å². The largest absolute Gasteiger partial charge is 0.396 e. The first-order valence-corrected chi connectivity index (χ1v) is 8.64. The zero-order valence-electron chi connectivity index (χ0n) is 13.1. The minimum absolute atomic E-state index is 0.0666. The average Bonchev–Trinajstić information content (AvgIpc) is 2.53. The Morgan fingerprint density at radius 1 is 1.00 bits per heavy atom. The van der Waals surface area contributed by atoms with Crippen molar-refractivity contribution in [1.29, 1.82) is 0 Å². The molecule has 0 bridgehead atoms. The first-order valence-electron chi connectivity index (χ1n) is 7.20. The van der Waals surface area contributed by atoms with Gasteiger partial charge in [-0.15, -0.1) is 0 Å². The lowest BCUT2D eigenvalue weighted by molar-refractivity contribution is 0.104. The van der Waals surface area contributed by atoms with E-state index in [-0.39, 0.29) is 11.5 Å². The van der Waals surface area contributed by atoms with Crippen LogP contribution in [0.15, 0.2) is 59.5 Å². The van der Waals surface area contributed by atoms with Crippen LogP contribution >= 0.6 is 0 Å². The summed E-state index contributed by atoms with van der Waals surface area (Å²) in [5.74, 6) is 0. The van der Waals surface area contributed by atoms with Crippen molar-refractivity contribution < 1.29 is 22.8 Å². The van der Waals surface area contributed by atoms with Crippen LogP contribution in [0.5, 0.6) is 0 Å². The molecule has 23 heavy (non-hydrogen) atoms. The van der Waals surface area contributed by atoms with E-state index in [2.05, 4.69) is 0 Å². The SMILES string of the molecule is Cc1ccc(S(=O)(=O)O)cc1.OCCCOCc1ccccc1. The molecule has 0 radical (unpaired) electrons. The third-order valence-corrected chi connectivity index (χ3v) is 3.75. The molecule has 0 aliphatic rings. The van der Waals surface area contributed by atoms with Crippen LogP contribution in [0, 0.1) is 6.92 Å². The van der Waals surface area contributed by atoms with E-state index in [9.17, 15) is 8.42 Å². The number of aliphatic hydroxyl groups is 1. The fourth-order valence-electron chi connectivity index (χ4n) is 1.64. The van der Waals surface area contributed by atoms with Crippen molar-refractivity contribution in [3.05, 3.63) is 65.7 Å². The highest BCUT2D eigenvalue weighted by molar-refractivity contribution is 7.85. The number of hydrogen-bond acceptors (Lipinski definition) is 4. The molecule has 5 nitrogen and oxygen atoms in total. The van der Waals surface area contributed by atoms with Crippen LogP contribution in [-0.2, 0) is 21.5 Å². The highest BCUT2D eigenvalue weighted by Crippen LogP contribution is 2.08. The van der Waals surface area contributed by atoms with E-state index < -0.39 is 10.1 Å². The molecule has 0 aliphatic carbocycles. The Kier molecular flexibility index (Phi) is 8.50. The lowest BCUT2D eigenvalue weighted by atomic mass is 10.2. The second-order valence-electron chi connectivity index (χ2n) is 4.90. The standard InChI is InChI=1S/C10H14O2.C7H8O3S/c11-7-4-8-12-9-10-5-2-1-3-6-10;1-6-2-4-7(5-3-6)11(8,9)10/h1-3,5-6,11H,4,7-9H2;2-5H,1H3,(H,8,9,10).